The molecule has 3 heteroatoms. The maximum absolute atomic E-state index is 13.5. The number of hydrogen-bond acceptors (Lipinski definition) is 2. The van der Waals surface area contributed by atoms with Crippen LogP contribution in [-0.4, -0.2) is 12.6 Å². The highest BCUT2D eigenvalue weighted by Crippen LogP contribution is 2.32. The van der Waals surface area contributed by atoms with Crippen LogP contribution in [0.2, 0.25) is 0 Å². The van der Waals surface area contributed by atoms with Gasteiger partial charge >= 0.3 is 0 Å². The van der Waals surface area contributed by atoms with E-state index in [0.29, 0.717) is 12.5 Å². The predicted molar refractivity (Wildman–Crippen MR) is 85.0 cm³/mol. The normalized spacial score (nSPS) is 25.8. The summed E-state index contributed by atoms with van der Waals surface area (Å²) in [4.78, 5) is 0. The molecule has 0 aliphatic heterocycles. The van der Waals surface area contributed by atoms with Crippen molar-refractivity contribution in [2.24, 2.45) is 11.8 Å². The number of rotatable bonds is 6. The van der Waals surface area contributed by atoms with E-state index in [4.69, 9.17) is 4.74 Å². The third kappa shape index (κ3) is 4.70. The molecule has 1 aliphatic rings. The Morgan fingerprint density at radius 1 is 1.24 bits per heavy atom. The second-order valence-electron chi connectivity index (χ2n) is 6.44. The lowest BCUT2D eigenvalue weighted by atomic mass is 9.80. The van der Waals surface area contributed by atoms with E-state index < -0.39 is 0 Å². The minimum Gasteiger partial charge on any atom is -0.490 e. The van der Waals surface area contributed by atoms with E-state index in [-0.39, 0.29) is 11.9 Å². The van der Waals surface area contributed by atoms with Crippen LogP contribution in [0.5, 0.6) is 5.75 Å². The first-order valence-electron chi connectivity index (χ1n) is 8.26. The van der Waals surface area contributed by atoms with Crippen LogP contribution in [-0.2, 0) is 6.54 Å². The molecule has 1 aromatic carbocycles. The fraction of sp³-hybridized carbons (Fsp3) is 0.667. The number of nitrogens with one attached hydrogen (secondary N) is 1. The lowest BCUT2D eigenvalue weighted by Gasteiger charge is -2.32. The Morgan fingerprint density at radius 3 is 2.76 bits per heavy atom. The van der Waals surface area contributed by atoms with Crippen LogP contribution in [0.25, 0.3) is 0 Å². The van der Waals surface area contributed by atoms with Gasteiger partial charge in [0.1, 0.15) is 11.6 Å². The Bertz CT molecular complexity index is 449. The van der Waals surface area contributed by atoms with Crippen LogP contribution in [0.15, 0.2) is 18.2 Å². The van der Waals surface area contributed by atoms with Crippen LogP contribution in [0.1, 0.15) is 52.0 Å². The number of hydrogen-bond donors (Lipinski definition) is 1. The van der Waals surface area contributed by atoms with Gasteiger partial charge in [0.15, 0.2) is 0 Å². The average Bonchev–Trinajstić information content (AvgIpc) is 2.46. The highest BCUT2D eigenvalue weighted by atomic mass is 19.1. The lowest BCUT2D eigenvalue weighted by molar-refractivity contribution is 0.0995. The van der Waals surface area contributed by atoms with Crippen LogP contribution >= 0.6 is 0 Å². The Balaban J connectivity index is 2.01. The Labute approximate surface area is 128 Å². The van der Waals surface area contributed by atoms with Gasteiger partial charge in [-0.2, -0.15) is 0 Å². The molecule has 21 heavy (non-hydrogen) atoms. The molecule has 0 bridgehead atoms. The first kappa shape index (κ1) is 16.3. The van der Waals surface area contributed by atoms with Crippen LogP contribution in [0, 0.1) is 17.7 Å². The lowest BCUT2D eigenvalue weighted by Crippen LogP contribution is -2.29. The van der Waals surface area contributed by atoms with Gasteiger partial charge in [0.25, 0.3) is 0 Å². The molecule has 0 aromatic heterocycles. The van der Waals surface area contributed by atoms with Gasteiger partial charge in [-0.1, -0.05) is 20.8 Å². The fourth-order valence-corrected chi connectivity index (χ4v) is 2.99. The van der Waals surface area contributed by atoms with Gasteiger partial charge in [0.2, 0.25) is 0 Å². The maximum Gasteiger partial charge on any atom is 0.124 e. The van der Waals surface area contributed by atoms with Crippen molar-refractivity contribution in [2.45, 2.75) is 59.1 Å². The predicted octanol–water partition coefficient (Wildman–Crippen LogP) is 4.53. The molecule has 1 aromatic rings. The molecule has 1 saturated carbocycles. The summed E-state index contributed by atoms with van der Waals surface area (Å²) < 4.78 is 19.6. The number of ether oxygens (including phenoxy) is 1. The van der Waals surface area contributed by atoms with Gasteiger partial charge in [0.05, 0.1) is 6.10 Å². The van der Waals surface area contributed by atoms with E-state index in [1.165, 1.54) is 12.5 Å². The van der Waals surface area contributed by atoms with E-state index in [1.54, 1.807) is 12.1 Å². The third-order valence-electron chi connectivity index (χ3n) is 4.61. The molecule has 0 heterocycles. The number of halogens is 1. The zero-order valence-corrected chi connectivity index (χ0v) is 13.5. The molecule has 0 amide bonds. The summed E-state index contributed by atoms with van der Waals surface area (Å²) in [5.41, 5.74) is 0.926. The Hall–Kier alpha value is -1.09. The molecular weight excluding hydrogens is 265 g/mol. The van der Waals surface area contributed by atoms with Gasteiger partial charge in [-0.05, 0) is 62.3 Å². The molecule has 0 spiro atoms. The fourth-order valence-electron chi connectivity index (χ4n) is 2.99. The van der Waals surface area contributed by atoms with Crippen molar-refractivity contribution in [2.75, 3.05) is 6.54 Å². The van der Waals surface area contributed by atoms with Crippen molar-refractivity contribution < 1.29 is 9.13 Å². The van der Waals surface area contributed by atoms with Crippen molar-refractivity contribution in [1.82, 2.24) is 5.32 Å². The molecule has 2 nitrogen and oxygen atoms in total. The molecule has 1 N–H and O–H groups in total. The van der Waals surface area contributed by atoms with Crippen molar-refractivity contribution in [1.29, 1.82) is 0 Å². The zero-order valence-electron chi connectivity index (χ0n) is 13.5. The zero-order chi connectivity index (χ0) is 15.2. The first-order chi connectivity index (χ1) is 10.1. The van der Waals surface area contributed by atoms with Crippen LogP contribution < -0.4 is 10.1 Å². The summed E-state index contributed by atoms with van der Waals surface area (Å²) in [7, 11) is 0. The molecule has 3 atom stereocenters. The molecule has 2 rings (SSSR count). The van der Waals surface area contributed by atoms with Crippen LogP contribution in [0.3, 0.4) is 0 Å². The smallest absolute Gasteiger partial charge is 0.124 e. The molecule has 0 saturated heterocycles. The van der Waals surface area contributed by atoms with Gasteiger partial charge in [-0.15, -0.1) is 0 Å². The minimum absolute atomic E-state index is 0.193. The van der Waals surface area contributed by atoms with Gasteiger partial charge in [-0.3, -0.25) is 0 Å². The first-order valence-corrected chi connectivity index (χ1v) is 8.26. The van der Waals surface area contributed by atoms with E-state index in [0.717, 1.165) is 43.0 Å². The summed E-state index contributed by atoms with van der Waals surface area (Å²) in [6.07, 6.45) is 4.76. The minimum atomic E-state index is -0.193. The molecule has 3 unspecified atom stereocenters. The topological polar surface area (TPSA) is 21.3 Å². The quantitative estimate of drug-likeness (QED) is 0.778. The van der Waals surface area contributed by atoms with Crippen molar-refractivity contribution in [3.8, 4) is 5.75 Å². The highest BCUT2D eigenvalue weighted by Gasteiger charge is 2.26. The third-order valence-corrected chi connectivity index (χ3v) is 4.61. The Kier molecular flexibility index (Phi) is 6.04. The second-order valence-corrected chi connectivity index (χ2v) is 6.44. The standard InChI is InChI=1S/C18H28FNO/c1-4-9-20-12-15-11-16(19)6-8-18(15)21-17-7-5-13(2)14(3)10-17/h6,8,11,13-14,17,20H,4-5,7,9-10,12H2,1-3H3. The van der Waals surface area contributed by atoms with Crippen molar-refractivity contribution in [3.63, 3.8) is 0 Å². The molecule has 1 fully saturated rings. The van der Waals surface area contributed by atoms with E-state index in [9.17, 15) is 4.39 Å². The summed E-state index contributed by atoms with van der Waals surface area (Å²) in [6.45, 7) is 8.35. The highest BCUT2D eigenvalue weighted by molar-refractivity contribution is 5.34. The largest absolute Gasteiger partial charge is 0.490 e. The summed E-state index contributed by atoms with van der Waals surface area (Å²) in [6, 6.07) is 4.86. The van der Waals surface area contributed by atoms with E-state index >= 15 is 0 Å². The summed E-state index contributed by atoms with van der Waals surface area (Å²) in [5, 5.41) is 3.33. The van der Waals surface area contributed by atoms with E-state index in [1.807, 2.05) is 0 Å². The summed E-state index contributed by atoms with van der Waals surface area (Å²) >= 11 is 0. The summed E-state index contributed by atoms with van der Waals surface area (Å²) in [5.74, 6) is 2.13. The molecule has 118 valence electrons. The SMILES string of the molecule is CCCNCc1cc(F)ccc1OC1CCC(C)C(C)C1. The molecule has 0 radical (unpaired) electrons. The Morgan fingerprint density at radius 2 is 2.05 bits per heavy atom. The molecular formula is C18H28FNO. The monoisotopic (exact) mass is 293 g/mol. The maximum atomic E-state index is 13.5. The van der Waals surface area contributed by atoms with Crippen molar-refractivity contribution in [3.05, 3.63) is 29.6 Å². The van der Waals surface area contributed by atoms with E-state index in [2.05, 4.69) is 26.1 Å². The van der Waals surface area contributed by atoms with Crippen molar-refractivity contribution >= 4 is 0 Å². The molecule has 1 aliphatic carbocycles. The van der Waals surface area contributed by atoms with Crippen LogP contribution in [0.4, 0.5) is 4.39 Å². The van der Waals surface area contributed by atoms with Gasteiger partial charge in [0, 0.05) is 12.1 Å². The van der Waals surface area contributed by atoms with Gasteiger partial charge in [-0.25, -0.2) is 4.39 Å². The number of benzene rings is 1. The van der Waals surface area contributed by atoms with Gasteiger partial charge < -0.3 is 10.1 Å². The second kappa shape index (κ2) is 7.79. The average molecular weight is 293 g/mol.